The molecule has 1 aliphatic rings. The van der Waals surface area contributed by atoms with Crippen molar-refractivity contribution in [2.24, 2.45) is 0 Å². The lowest BCUT2D eigenvalue weighted by Gasteiger charge is -2.21. The molecular formula is C17H27NO2S. The maximum absolute atomic E-state index is 5.80. The number of ether oxygens (including phenoxy) is 2. The highest BCUT2D eigenvalue weighted by molar-refractivity contribution is 7.99. The van der Waals surface area contributed by atoms with Crippen LogP contribution in [0.5, 0.6) is 11.5 Å². The fourth-order valence-corrected chi connectivity index (χ4v) is 3.36. The van der Waals surface area contributed by atoms with Crippen molar-refractivity contribution in [3.8, 4) is 11.5 Å². The topological polar surface area (TPSA) is 30.5 Å². The molecule has 2 atom stereocenters. The molecule has 0 bridgehead atoms. The Kier molecular flexibility index (Phi) is 6.71. The van der Waals surface area contributed by atoms with Crippen molar-refractivity contribution in [1.82, 2.24) is 5.32 Å². The van der Waals surface area contributed by atoms with Gasteiger partial charge in [0, 0.05) is 23.5 Å². The van der Waals surface area contributed by atoms with Gasteiger partial charge in [0.15, 0.2) is 11.5 Å². The van der Waals surface area contributed by atoms with E-state index in [1.807, 2.05) is 17.8 Å². The Morgan fingerprint density at radius 2 is 1.95 bits per heavy atom. The summed E-state index contributed by atoms with van der Waals surface area (Å²) in [4.78, 5) is 0. The number of nitrogens with one attached hydrogen (secondary N) is 1. The first-order valence-corrected chi connectivity index (χ1v) is 9.04. The third kappa shape index (κ3) is 4.82. The second-order valence-electron chi connectivity index (χ2n) is 5.42. The summed E-state index contributed by atoms with van der Waals surface area (Å²) in [5, 5.41) is 4.28. The number of fused-ring (bicyclic) bond motifs is 1. The van der Waals surface area contributed by atoms with Crippen LogP contribution in [-0.2, 0) is 0 Å². The van der Waals surface area contributed by atoms with Crippen LogP contribution < -0.4 is 14.8 Å². The van der Waals surface area contributed by atoms with Crippen LogP contribution in [0.25, 0.3) is 0 Å². The lowest BCUT2D eigenvalue weighted by molar-refractivity contribution is 0.297. The highest BCUT2D eigenvalue weighted by atomic mass is 32.2. The summed E-state index contributed by atoms with van der Waals surface area (Å²) in [5.74, 6) is 2.85. The zero-order valence-corrected chi connectivity index (χ0v) is 14.2. The van der Waals surface area contributed by atoms with Gasteiger partial charge < -0.3 is 14.8 Å². The Labute approximate surface area is 132 Å². The van der Waals surface area contributed by atoms with Crippen molar-refractivity contribution in [1.29, 1.82) is 0 Å². The Morgan fingerprint density at radius 1 is 1.19 bits per heavy atom. The Morgan fingerprint density at radius 3 is 2.67 bits per heavy atom. The quantitative estimate of drug-likeness (QED) is 0.824. The van der Waals surface area contributed by atoms with Gasteiger partial charge in [-0.25, -0.2) is 0 Å². The van der Waals surface area contributed by atoms with Crippen LogP contribution in [0.3, 0.4) is 0 Å². The van der Waals surface area contributed by atoms with Crippen LogP contribution >= 0.6 is 11.8 Å². The highest BCUT2D eigenvalue weighted by Crippen LogP contribution is 2.33. The Balaban J connectivity index is 2.10. The SMILES string of the molecule is CCNC(CSC(C)CC)c1ccc2c(c1)OCCCO2. The summed E-state index contributed by atoms with van der Waals surface area (Å²) in [6.07, 6.45) is 2.16. The van der Waals surface area contributed by atoms with E-state index >= 15 is 0 Å². The number of benzene rings is 1. The van der Waals surface area contributed by atoms with Gasteiger partial charge in [-0.2, -0.15) is 11.8 Å². The van der Waals surface area contributed by atoms with Crippen LogP contribution in [0.2, 0.25) is 0 Å². The molecule has 1 aliphatic heterocycles. The predicted molar refractivity (Wildman–Crippen MR) is 90.7 cm³/mol. The molecule has 0 radical (unpaired) electrons. The Hall–Kier alpha value is -0.870. The minimum atomic E-state index is 0.367. The van der Waals surface area contributed by atoms with Crippen LogP contribution in [0.1, 0.15) is 45.2 Å². The number of hydrogen-bond donors (Lipinski definition) is 1. The fourth-order valence-electron chi connectivity index (χ4n) is 2.29. The van der Waals surface area contributed by atoms with Crippen LogP contribution in [0.15, 0.2) is 18.2 Å². The van der Waals surface area contributed by atoms with Gasteiger partial charge >= 0.3 is 0 Å². The normalized spacial score (nSPS) is 17.1. The summed E-state index contributed by atoms with van der Waals surface area (Å²) in [6.45, 7) is 9.15. The van der Waals surface area contributed by atoms with Gasteiger partial charge in [0.1, 0.15) is 0 Å². The average Bonchev–Trinajstić information content (AvgIpc) is 2.75. The third-order valence-electron chi connectivity index (χ3n) is 3.75. The number of rotatable bonds is 7. The summed E-state index contributed by atoms with van der Waals surface area (Å²) < 4.78 is 11.5. The summed E-state index contributed by atoms with van der Waals surface area (Å²) in [5.41, 5.74) is 1.29. The standard InChI is InChI=1S/C17H27NO2S/c1-4-13(3)21-12-15(18-5-2)14-7-8-16-17(11-14)20-10-6-9-19-16/h7-8,11,13,15,18H,4-6,9-10,12H2,1-3H3. The molecule has 1 aromatic rings. The number of thioether (sulfide) groups is 1. The molecule has 2 rings (SSSR count). The van der Waals surface area contributed by atoms with Gasteiger partial charge in [-0.15, -0.1) is 0 Å². The second kappa shape index (κ2) is 8.54. The van der Waals surface area contributed by atoms with E-state index in [1.165, 1.54) is 12.0 Å². The zero-order chi connectivity index (χ0) is 15.1. The summed E-state index contributed by atoms with van der Waals surface area (Å²) >= 11 is 2.03. The molecule has 0 saturated heterocycles. The smallest absolute Gasteiger partial charge is 0.161 e. The van der Waals surface area contributed by atoms with Gasteiger partial charge in [0.05, 0.1) is 13.2 Å². The molecule has 118 valence electrons. The molecule has 0 spiro atoms. The van der Waals surface area contributed by atoms with E-state index in [1.54, 1.807) is 0 Å². The van der Waals surface area contributed by atoms with Crippen molar-refractivity contribution in [3.63, 3.8) is 0 Å². The van der Waals surface area contributed by atoms with E-state index < -0.39 is 0 Å². The molecule has 0 aliphatic carbocycles. The average molecular weight is 309 g/mol. The van der Waals surface area contributed by atoms with Gasteiger partial charge in [-0.1, -0.05) is 26.8 Å². The first-order chi connectivity index (χ1) is 10.2. The molecule has 0 aromatic heterocycles. The van der Waals surface area contributed by atoms with Gasteiger partial charge in [0.25, 0.3) is 0 Å². The van der Waals surface area contributed by atoms with Gasteiger partial charge in [0.2, 0.25) is 0 Å². The first kappa shape index (κ1) is 16.5. The lowest BCUT2D eigenvalue weighted by Crippen LogP contribution is -2.23. The fraction of sp³-hybridized carbons (Fsp3) is 0.647. The maximum atomic E-state index is 5.80. The van der Waals surface area contributed by atoms with Crippen molar-refractivity contribution < 1.29 is 9.47 Å². The molecule has 1 N–H and O–H groups in total. The monoisotopic (exact) mass is 309 g/mol. The summed E-state index contributed by atoms with van der Waals surface area (Å²) in [7, 11) is 0. The van der Waals surface area contributed by atoms with E-state index in [2.05, 4.69) is 38.2 Å². The zero-order valence-electron chi connectivity index (χ0n) is 13.4. The molecule has 21 heavy (non-hydrogen) atoms. The molecular weight excluding hydrogens is 282 g/mol. The number of hydrogen-bond acceptors (Lipinski definition) is 4. The molecule has 3 nitrogen and oxygen atoms in total. The van der Waals surface area contributed by atoms with Crippen LogP contribution in [-0.4, -0.2) is 30.8 Å². The third-order valence-corrected chi connectivity index (χ3v) is 5.17. The largest absolute Gasteiger partial charge is 0.490 e. The van der Waals surface area contributed by atoms with Crippen LogP contribution in [0.4, 0.5) is 0 Å². The predicted octanol–water partition coefficient (Wildman–Crippen LogP) is 4.03. The van der Waals surface area contributed by atoms with Crippen molar-refractivity contribution in [3.05, 3.63) is 23.8 Å². The first-order valence-electron chi connectivity index (χ1n) is 7.99. The van der Waals surface area contributed by atoms with Crippen molar-refractivity contribution in [2.45, 2.75) is 44.9 Å². The van der Waals surface area contributed by atoms with E-state index in [4.69, 9.17) is 9.47 Å². The molecule has 4 heteroatoms. The van der Waals surface area contributed by atoms with Crippen molar-refractivity contribution >= 4 is 11.8 Å². The highest BCUT2D eigenvalue weighted by Gasteiger charge is 2.16. The van der Waals surface area contributed by atoms with Gasteiger partial charge in [-0.05, 0) is 30.7 Å². The van der Waals surface area contributed by atoms with Crippen molar-refractivity contribution in [2.75, 3.05) is 25.5 Å². The lowest BCUT2D eigenvalue weighted by atomic mass is 10.1. The minimum Gasteiger partial charge on any atom is -0.490 e. The minimum absolute atomic E-state index is 0.367. The second-order valence-corrected chi connectivity index (χ2v) is 6.89. The van der Waals surface area contributed by atoms with E-state index in [-0.39, 0.29) is 0 Å². The molecule has 1 heterocycles. The molecule has 2 unspecified atom stereocenters. The molecule has 0 saturated carbocycles. The Bertz CT molecular complexity index is 439. The molecule has 1 aromatic carbocycles. The maximum Gasteiger partial charge on any atom is 0.161 e. The van der Waals surface area contributed by atoms with E-state index in [0.29, 0.717) is 11.3 Å². The van der Waals surface area contributed by atoms with E-state index in [9.17, 15) is 0 Å². The molecule has 0 fully saturated rings. The van der Waals surface area contributed by atoms with Gasteiger partial charge in [-0.3, -0.25) is 0 Å². The van der Waals surface area contributed by atoms with E-state index in [0.717, 1.165) is 43.4 Å². The molecule has 0 amide bonds. The summed E-state index contributed by atoms with van der Waals surface area (Å²) in [6, 6.07) is 6.73. The van der Waals surface area contributed by atoms with Crippen LogP contribution in [0, 0.1) is 0 Å².